The maximum atomic E-state index is 14.2. The predicted octanol–water partition coefficient (Wildman–Crippen LogP) is 3.85. The number of hydrogen-bond donors (Lipinski definition) is 5. The Labute approximate surface area is 237 Å². The highest BCUT2D eigenvalue weighted by Crippen LogP contribution is 2.41. The van der Waals surface area contributed by atoms with Crippen LogP contribution in [0.1, 0.15) is 41.3 Å². The Balaban J connectivity index is 1.32. The quantitative estimate of drug-likeness (QED) is 0.272. The Morgan fingerprint density at radius 2 is 1.71 bits per heavy atom. The number of aliphatic carboxylic acids is 1. The first-order valence-electron chi connectivity index (χ1n) is 13.1. The van der Waals surface area contributed by atoms with Gasteiger partial charge in [-0.3, -0.25) is 4.79 Å². The summed E-state index contributed by atoms with van der Waals surface area (Å²) >= 11 is 0. The van der Waals surface area contributed by atoms with Crippen LogP contribution in [0.4, 0.5) is 24.9 Å². The molecule has 1 spiro atoms. The lowest BCUT2D eigenvalue weighted by atomic mass is 9.76. The molecule has 2 aromatic carbocycles. The van der Waals surface area contributed by atoms with Crippen molar-refractivity contribution in [3.8, 4) is 22.8 Å². The Hall–Kier alpha value is -4.59. The van der Waals surface area contributed by atoms with Crippen LogP contribution in [-0.2, 0) is 4.79 Å². The van der Waals surface area contributed by atoms with Crippen molar-refractivity contribution in [1.82, 2.24) is 15.3 Å². The molecule has 6 N–H and O–H groups in total. The summed E-state index contributed by atoms with van der Waals surface area (Å²) in [6.07, 6.45) is -5.32. The third-order valence-electron chi connectivity index (χ3n) is 7.82. The molecule has 14 heteroatoms. The molecule has 3 aromatic rings. The fraction of sp³-hybridized carbons (Fsp3) is 0.357. The second-order valence-corrected chi connectivity index (χ2v) is 10.6. The third kappa shape index (κ3) is 6.03. The number of aromatic nitrogens is 2. The first kappa shape index (κ1) is 28.9. The van der Waals surface area contributed by atoms with E-state index in [4.69, 9.17) is 15.6 Å². The molecule has 2 aliphatic rings. The predicted molar refractivity (Wildman–Crippen MR) is 144 cm³/mol. The molecule has 0 saturated carbocycles. The number of phenols is 1. The number of ether oxygens (including phenoxy) is 1. The molecule has 2 atom stereocenters. The standard InChI is InChI=1S/C28H28F3N5O6/c29-28(30,31)23(16-3-1-15(2-4-16)17-5-6-18(24(38)39)20(37)11-17)42-22-12-21(34-26(32)35-22)36-9-7-27(8-10-36)13-19(25(40)41)33-14-27/h1-6,11-12,19,23,33,37H,7-10,13-14H2,(H,38,39)(H,40,41)(H2,32,34,35)/t19-,23+/m0/s1. The van der Waals surface area contributed by atoms with Crippen molar-refractivity contribution in [3.63, 3.8) is 0 Å². The molecule has 1 aromatic heterocycles. The van der Waals surface area contributed by atoms with Gasteiger partial charge in [0, 0.05) is 31.3 Å². The van der Waals surface area contributed by atoms with E-state index in [0.717, 1.165) is 0 Å². The van der Waals surface area contributed by atoms with Gasteiger partial charge in [0.1, 0.15) is 23.2 Å². The molecule has 2 saturated heterocycles. The molecular formula is C28H28F3N5O6. The monoisotopic (exact) mass is 587 g/mol. The highest BCUT2D eigenvalue weighted by atomic mass is 19.4. The van der Waals surface area contributed by atoms with Crippen LogP contribution in [0, 0.1) is 5.41 Å². The molecule has 2 aliphatic heterocycles. The van der Waals surface area contributed by atoms with E-state index in [2.05, 4.69) is 15.3 Å². The lowest BCUT2D eigenvalue weighted by molar-refractivity contribution is -0.198. The number of halogens is 3. The summed E-state index contributed by atoms with van der Waals surface area (Å²) in [5.74, 6) is -2.96. The van der Waals surface area contributed by atoms with E-state index < -0.39 is 36.0 Å². The zero-order valence-corrected chi connectivity index (χ0v) is 22.1. The molecule has 222 valence electrons. The summed E-state index contributed by atoms with van der Waals surface area (Å²) in [6, 6.07) is 9.85. The van der Waals surface area contributed by atoms with Crippen molar-refractivity contribution < 1.29 is 42.8 Å². The Kier molecular flexibility index (Phi) is 7.58. The Bertz CT molecular complexity index is 1490. The number of rotatable bonds is 7. The van der Waals surface area contributed by atoms with E-state index in [1.165, 1.54) is 48.5 Å². The van der Waals surface area contributed by atoms with Crippen LogP contribution in [0.15, 0.2) is 48.5 Å². The number of piperidine rings is 1. The number of alkyl halides is 3. The van der Waals surface area contributed by atoms with Crippen LogP contribution in [0.5, 0.6) is 11.6 Å². The number of nitrogens with zero attached hydrogens (tertiary/aromatic N) is 3. The van der Waals surface area contributed by atoms with E-state index in [9.17, 15) is 33.0 Å². The van der Waals surface area contributed by atoms with Crippen LogP contribution in [0.2, 0.25) is 0 Å². The van der Waals surface area contributed by atoms with Gasteiger partial charge in [-0.1, -0.05) is 30.3 Å². The van der Waals surface area contributed by atoms with E-state index in [1.54, 1.807) is 0 Å². The van der Waals surface area contributed by atoms with Gasteiger partial charge in [0.2, 0.25) is 17.9 Å². The van der Waals surface area contributed by atoms with E-state index >= 15 is 0 Å². The maximum Gasteiger partial charge on any atom is 0.429 e. The summed E-state index contributed by atoms with van der Waals surface area (Å²) in [5, 5.41) is 31.4. The molecule has 0 aliphatic carbocycles. The van der Waals surface area contributed by atoms with Gasteiger partial charge in [0.05, 0.1) is 0 Å². The number of aromatic hydroxyl groups is 1. The number of nitrogens with one attached hydrogen (secondary N) is 1. The smallest absolute Gasteiger partial charge is 0.429 e. The van der Waals surface area contributed by atoms with Crippen molar-refractivity contribution in [3.05, 3.63) is 59.7 Å². The molecule has 0 unspecified atom stereocenters. The van der Waals surface area contributed by atoms with E-state index in [-0.39, 0.29) is 28.4 Å². The number of carbonyl (C=O) groups is 2. The summed E-state index contributed by atoms with van der Waals surface area (Å²) in [7, 11) is 0. The summed E-state index contributed by atoms with van der Waals surface area (Å²) in [5.41, 5.74) is 6.04. The number of benzene rings is 2. The minimum atomic E-state index is -4.81. The molecule has 0 amide bonds. The van der Waals surface area contributed by atoms with Gasteiger partial charge in [-0.15, -0.1) is 0 Å². The number of carboxylic acids is 2. The zero-order valence-electron chi connectivity index (χ0n) is 22.1. The lowest BCUT2D eigenvalue weighted by Gasteiger charge is -2.39. The van der Waals surface area contributed by atoms with Crippen LogP contribution in [-0.4, -0.2) is 69.1 Å². The second kappa shape index (κ2) is 11.0. The van der Waals surface area contributed by atoms with Crippen LogP contribution >= 0.6 is 0 Å². The van der Waals surface area contributed by atoms with Gasteiger partial charge >= 0.3 is 18.1 Å². The molecule has 11 nitrogen and oxygen atoms in total. The molecule has 0 radical (unpaired) electrons. The summed E-state index contributed by atoms with van der Waals surface area (Å²) in [6.45, 7) is 1.60. The molecule has 5 rings (SSSR count). The molecule has 3 heterocycles. The number of nitrogens with two attached hydrogens (primary N) is 1. The average Bonchev–Trinajstić information content (AvgIpc) is 3.35. The van der Waals surface area contributed by atoms with Gasteiger partial charge in [0.25, 0.3) is 0 Å². The van der Waals surface area contributed by atoms with Crippen LogP contribution in [0.3, 0.4) is 0 Å². The average molecular weight is 588 g/mol. The van der Waals surface area contributed by atoms with Gasteiger partial charge in [0.15, 0.2) is 0 Å². The minimum Gasteiger partial charge on any atom is -0.507 e. The Morgan fingerprint density at radius 3 is 2.29 bits per heavy atom. The normalized spacial score (nSPS) is 19.0. The highest BCUT2D eigenvalue weighted by Gasteiger charge is 2.45. The number of hydrogen-bond acceptors (Lipinski definition) is 9. The van der Waals surface area contributed by atoms with Crippen molar-refractivity contribution in [2.45, 2.75) is 37.6 Å². The first-order valence-corrected chi connectivity index (χ1v) is 13.1. The summed E-state index contributed by atoms with van der Waals surface area (Å²) in [4.78, 5) is 32.4. The molecule has 2 fully saturated rings. The fourth-order valence-electron chi connectivity index (χ4n) is 5.52. The third-order valence-corrected chi connectivity index (χ3v) is 7.82. The molecule has 42 heavy (non-hydrogen) atoms. The number of nitrogen functional groups attached to an aromatic ring is 1. The van der Waals surface area contributed by atoms with Crippen molar-refractivity contribution in [2.75, 3.05) is 30.3 Å². The van der Waals surface area contributed by atoms with E-state index in [1.807, 2.05) is 4.90 Å². The van der Waals surface area contributed by atoms with E-state index in [0.29, 0.717) is 55.8 Å². The number of aromatic carboxylic acids is 1. The Morgan fingerprint density at radius 1 is 1.05 bits per heavy atom. The van der Waals surface area contributed by atoms with Gasteiger partial charge in [-0.2, -0.15) is 23.1 Å². The molecule has 0 bridgehead atoms. The van der Waals surface area contributed by atoms with Crippen LogP contribution < -0.4 is 20.7 Å². The molecular weight excluding hydrogens is 559 g/mol. The van der Waals surface area contributed by atoms with Gasteiger partial charge in [-0.25, -0.2) is 4.79 Å². The maximum absolute atomic E-state index is 14.2. The van der Waals surface area contributed by atoms with Gasteiger partial charge in [-0.05, 0) is 47.9 Å². The second-order valence-electron chi connectivity index (χ2n) is 10.6. The zero-order chi connectivity index (χ0) is 30.2. The fourth-order valence-corrected chi connectivity index (χ4v) is 5.52. The minimum absolute atomic E-state index is 0.165. The first-order chi connectivity index (χ1) is 19.8. The number of carboxylic acid groups (broad SMARTS) is 2. The SMILES string of the molecule is Nc1nc(O[C@H](c2ccc(-c3ccc(C(=O)O)c(O)c3)cc2)C(F)(F)F)cc(N2CCC3(CC2)CN[C@H](C(=O)O)C3)n1. The lowest BCUT2D eigenvalue weighted by Crippen LogP contribution is -2.41. The topological polar surface area (TPSA) is 171 Å². The number of anilines is 2. The van der Waals surface area contributed by atoms with Crippen LogP contribution in [0.25, 0.3) is 11.1 Å². The van der Waals surface area contributed by atoms with Crippen molar-refractivity contribution in [2.24, 2.45) is 5.41 Å². The summed E-state index contributed by atoms with van der Waals surface area (Å²) < 4.78 is 47.8. The highest BCUT2D eigenvalue weighted by molar-refractivity contribution is 5.91. The van der Waals surface area contributed by atoms with Gasteiger partial charge < -0.3 is 36.0 Å². The van der Waals surface area contributed by atoms with Crippen molar-refractivity contribution in [1.29, 1.82) is 0 Å². The largest absolute Gasteiger partial charge is 0.507 e. The van der Waals surface area contributed by atoms with Crippen molar-refractivity contribution >= 4 is 23.7 Å².